The Labute approximate surface area is 89.0 Å². The molecule has 0 bridgehead atoms. The average Bonchev–Trinajstić information content (AvgIpc) is 2.26. The number of methoxy groups -OCH3 is 1. The monoisotopic (exact) mass is 206 g/mol. The third kappa shape index (κ3) is 2.67. The van der Waals surface area contributed by atoms with Gasteiger partial charge in [0.1, 0.15) is 6.10 Å². The first-order chi connectivity index (χ1) is 7.06. The largest absolute Gasteiger partial charge is 0.466 e. The summed E-state index contributed by atoms with van der Waals surface area (Å²) in [6.07, 6.45) is -1.00. The molecule has 0 aliphatic heterocycles. The molecule has 0 saturated carbocycles. The number of ether oxygens (including phenoxy) is 1. The van der Waals surface area contributed by atoms with Crippen molar-refractivity contribution in [1.29, 1.82) is 0 Å². The van der Waals surface area contributed by atoms with Gasteiger partial charge in [0.05, 0.1) is 12.7 Å². The van der Waals surface area contributed by atoms with Gasteiger partial charge in [-0.15, -0.1) is 0 Å². The quantitative estimate of drug-likeness (QED) is 0.605. The molecule has 3 nitrogen and oxygen atoms in total. The normalized spacial score (nSPS) is 11.9. The van der Waals surface area contributed by atoms with Crippen LogP contribution in [-0.2, 0) is 9.53 Å². The molecule has 1 rings (SSSR count). The second-order valence-electron chi connectivity index (χ2n) is 3.33. The van der Waals surface area contributed by atoms with E-state index >= 15 is 0 Å². The highest BCUT2D eigenvalue weighted by atomic mass is 16.5. The minimum atomic E-state index is -1.00. The zero-order valence-corrected chi connectivity index (χ0v) is 8.86. The number of aryl methyl sites for hydroxylation is 1. The summed E-state index contributed by atoms with van der Waals surface area (Å²) in [5.41, 5.74) is 1.71. The number of rotatable bonds is 3. The van der Waals surface area contributed by atoms with Crippen molar-refractivity contribution < 1.29 is 14.6 Å². The Bertz CT molecular complexity index is 382. The van der Waals surface area contributed by atoms with Gasteiger partial charge in [0.2, 0.25) is 0 Å². The predicted molar refractivity (Wildman–Crippen MR) is 57.3 cm³/mol. The zero-order valence-electron chi connectivity index (χ0n) is 8.86. The van der Waals surface area contributed by atoms with Gasteiger partial charge < -0.3 is 9.84 Å². The molecule has 1 atom stereocenters. The van der Waals surface area contributed by atoms with Crippen molar-refractivity contribution >= 4 is 5.97 Å². The molecule has 0 amide bonds. The molecular weight excluding hydrogens is 192 g/mol. The summed E-state index contributed by atoms with van der Waals surface area (Å²) in [6, 6.07) is 7.28. The Morgan fingerprint density at radius 2 is 2.20 bits per heavy atom. The second-order valence-corrected chi connectivity index (χ2v) is 3.33. The van der Waals surface area contributed by atoms with Gasteiger partial charge in [-0.05, 0) is 12.5 Å². The summed E-state index contributed by atoms with van der Waals surface area (Å²) in [5, 5.41) is 9.81. The van der Waals surface area contributed by atoms with Crippen molar-refractivity contribution in [2.75, 3.05) is 7.11 Å². The Balaban J connectivity index is 2.89. The minimum Gasteiger partial charge on any atom is -0.466 e. The van der Waals surface area contributed by atoms with Gasteiger partial charge >= 0.3 is 5.97 Å². The molecule has 0 radical (unpaired) electrons. The molecule has 0 saturated heterocycles. The predicted octanol–water partition coefficient (Wildman–Crippen LogP) is 1.76. The Kier molecular flexibility index (Phi) is 3.63. The van der Waals surface area contributed by atoms with E-state index in [4.69, 9.17) is 0 Å². The van der Waals surface area contributed by atoms with Crippen molar-refractivity contribution in [3.8, 4) is 0 Å². The zero-order chi connectivity index (χ0) is 11.4. The molecule has 1 N–H and O–H groups in total. The fourth-order valence-electron chi connectivity index (χ4n) is 1.28. The van der Waals surface area contributed by atoms with Crippen LogP contribution in [0.3, 0.4) is 0 Å². The Morgan fingerprint density at radius 1 is 1.53 bits per heavy atom. The van der Waals surface area contributed by atoms with Crippen LogP contribution in [0.4, 0.5) is 0 Å². The van der Waals surface area contributed by atoms with Gasteiger partial charge in [0.15, 0.2) is 0 Å². The van der Waals surface area contributed by atoms with Gasteiger partial charge in [0.25, 0.3) is 0 Å². The third-order valence-electron chi connectivity index (χ3n) is 2.14. The number of hydrogen-bond donors (Lipinski definition) is 1. The topological polar surface area (TPSA) is 46.5 Å². The highest BCUT2D eigenvalue weighted by molar-refractivity contribution is 5.88. The molecular formula is C12H14O3. The maximum absolute atomic E-state index is 11.1. The first-order valence-electron chi connectivity index (χ1n) is 4.58. The molecule has 0 aromatic heterocycles. The molecule has 0 aliphatic carbocycles. The summed E-state index contributed by atoms with van der Waals surface area (Å²) in [6.45, 7) is 5.42. The maximum atomic E-state index is 11.1. The van der Waals surface area contributed by atoms with Crippen LogP contribution in [0, 0.1) is 6.92 Å². The highest BCUT2D eigenvalue weighted by Gasteiger charge is 2.18. The standard InChI is InChI=1S/C12H14O3/c1-8-5-4-6-10(7-8)11(13)9(2)12(14)15-3/h4-7,11,13H,2H2,1,3H3/t11-/m0/s1. The molecule has 0 aliphatic rings. The van der Waals surface area contributed by atoms with E-state index in [1.54, 1.807) is 12.1 Å². The average molecular weight is 206 g/mol. The van der Waals surface area contributed by atoms with Gasteiger partial charge in [-0.2, -0.15) is 0 Å². The second kappa shape index (κ2) is 4.75. The van der Waals surface area contributed by atoms with Gasteiger partial charge in [-0.25, -0.2) is 4.79 Å². The lowest BCUT2D eigenvalue weighted by atomic mass is 10.0. The molecule has 3 heteroatoms. The lowest BCUT2D eigenvalue weighted by Gasteiger charge is -2.12. The highest BCUT2D eigenvalue weighted by Crippen LogP contribution is 2.21. The van der Waals surface area contributed by atoms with E-state index < -0.39 is 12.1 Å². The van der Waals surface area contributed by atoms with Crippen LogP contribution >= 0.6 is 0 Å². The molecule has 0 unspecified atom stereocenters. The van der Waals surface area contributed by atoms with E-state index in [-0.39, 0.29) is 5.57 Å². The summed E-state index contributed by atoms with van der Waals surface area (Å²) >= 11 is 0. The Morgan fingerprint density at radius 3 is 2.73 bits per heavy atom. The van der Waals surface area contributed by atoms with Crippen LogP contribution in [0.1, 0.15) is 17.2 Å². The summed E-state index contributed by atoms with van der Waals surface area (Å²) in [5.74, 6) is -0.594. The van der Waals surface area contributed by atoms with Crippen molar-refractivity contribution in [2.24, 2.45) is 0 Å². The number of aliphatic hydroxyl groups excluding tert-OH is 1. The minimum absolute atomic E-state index is 0.0445. The van der Waals surface area contributed by atoms with Crippen LogP contribution in [0.2, 0.25) is 0 Å². The van der Waals surface area contributed by atoms with E-state index in [1.807, 2.05) is 19.1 Å². The summed E-state index contributed by atoms with van der Waals surface area (Å²) in [7, 11) is 1.26. The van der Waals surface area contributed by atoms with Crippen molar-refractivity contribution in [3.63, 3.8) is 0 Å². The lowest BCUT2D eigenvalue weighted by molar-refractivity contribution is -0.137. The summed E-state index contributed by atoms with van der Waals surface area (Å²) < 4.78 is 4.49. The molecule has 1 aromatic rings. The van der Waals surface area contributed by atoms with Crippen molar-refractivity contribution in [1.82, 2.24) is 0 Å². The van der Waals surface area contributed by atoms with Crippen LogP contribution in [-0.4, -0.2) is 18.2 Å². The number of hydrogen-bond acceptors (Lipinski definition) is 3. The first kappa shape index (κ1) is 11.5. The SMILES string of the molecule is C=C(C(=O)OC)[C@H](O)c1cccc(C)c1. The van der Waals surface area contributed by atoms with E-state index in [0.717, 1.165) is 5.56 Å². The smallest absolute Gasteiger partial charge is 0.336 e. The van der Waals surface area contributed by atoms with Gasteiger partial charge in [-0.3, -0.25) is 0 Å². The van der Waals surface area contributed by atoms with E-state index in [0.29, 0.717) is 5.56 Å². The third-order valence-corrected chi connectivity index (χ3v) is 2.14. The fourth-order valence-corrected chi connectivity index (χ4v) is 1.28. The maximum Gasteiger partial charge on any atom is 0.336 e. The van der Waals surface area contributed by atoms with Crippen LogP contribution in [0.25, 0.3) is 0 Å². The summed E-state index contributed by atoms with van der Waals surface area (Å²) in [4.78, 5) is 11.1. The molecule has 80 valence electrons. The Hall–Kier alpha value is -1.61. The number of esters is 1. The van der Waals surface area contributed by atoms with Crippen LogP contribution in [0.5, 0.6) is 0 Å². The number of carbonyl (C=O) groups is 1. The number of carbonyl (C=O) groups excluding carboxylic acids is 1. The van der Waals surface area contributed by atoms with Gasteiger partial charge in [-0.1, -0.05) is 36.4 Å². The van der Waals surface area contributed by atoms with E-state index in [1.165, 1.54) is 7.11 Å². The molecule has 0 spiro atoms. The van der Waals surface area contributed by atoms with Crippen molar-refractivity contribution in [2.45, 2.75) is 13.0 Å². The van der Waals surface area contributed by atoms with Crippen LogP contribution < -0.4 is 0 Å². The fraction of sp³-hybridized carbons (Fsp3) is 0.250. The number of aliphatic hydroxyl groups is 1. The first-order valence-corrected chi connectivity index (χ1v) is 4.58. The van der Waals surface area contributed by atoms with E-state index in [2.05, 4.69) is 11.3 Å². The van der Waals surface area contributed by atoms with Crippen molar-refractivity contribution in [3.05, 3.63) is 47.5 Å². The number of benzene rings is 1. The van der Waals surface area contributed by atoms with Crippen LogP contribution in [0.15, 0.2) is 36.4 Å². The molecule has 0 heterocycles. The molecule has 0 fully saturated rings. The van der Waals surface area contributed by atoms with E-state index in [9.17, 15) is 9.90 Å². The molecule has 1 aromatic carbocycles. The van der Waals surface area contributed by atoms with Gasteiger partial charge in [0, 0.05) is 0 Å². The lowest BCUT2D eigenvalue weighted by Crippen LogP contribution is -2.12. The molecule has 15 heavy (non-hydrogen) atoms.